The van der Waals surface area contributed by atoms with Crippen molar-refractivity contribution in [2.75, 3.05) is 0 Å². The van der Waals surface area contributed by atoms with E-state index < -0.39 is 0 Å². The van der Waals surface area contributed by atoms with E-state index in [9.17, 15) is 10.2 Å². The average Bonchev–Trinajstić information content (AvgIpc) is 2.82. The number of rotatable bonds is 0. The van der Waals surface area contributed by atoms with Crippen LogP contribution in [-0.4, -0.2) is 10.2 Å². The zero-order valence-corrected chi connectivity index (χ0v) is 12.3. The maximum absolute atomic E-state index is 9.81. The van der Waals surface area contributed by atoms with Crippen molar-refractivity contribution < 1.29 is 10.2 Å². The van der Waals surface area contributed by atoms with Crippen LogP contribution < -0.4 is 0 Å². The van der Waals surface area contributed by atoms with Crippen molar-refractivity contribution in [1.29, 1.82) is 0 Å². The van der Waals surface area contributed by atoms with Gasteiger partial charge in [-0.1, -0.05) is 19.1 Å². The number of aryl methyl sites for hydroxylation is 1. The average molecular weight is 280 g/mol. The molecule has 0 unspecified atom stereocenters. The number of hydrogen-bond donors (Lipinski definition) is 2. The van der Waals surface area contributed by atoms with Gasteiger partial charge in [-0.25, -0.2) is 0 Å². The summed E-state index contributed by atoms with van der Waals surface area (Å²) < 4.78 is 0. The molecule has 2 N–H and O–H groups in total. The summed E-state index contributed by atoms with van der Waals surface area (Å²) in [6, 6.07) is 11.6. The molecule has 1 spiro atoms. The van der Waals surface area contributed by atoms with Crippen LogP contribution in [0, 0.1) is 5.41 Å². The lowest BCUT2D eigenvalue weighted by Crippen LogP contribution is -2.33. The van der Waals surface area contributed by atoms with Crippen LogP contribution in [0.1, 0.15) is 41.5 Å². The molecular weight excluding hydrogens is 260 g/mol. The Kier molecular flexibility index (Phi) is 2.59. The number of phenolic OH excluding ortho intramolecular Hbond substituents is 2. The predicted molar refractivity (Wildman–Crippen MR) is 82.8 cm³/mol. The maximum Gasteiger partial charge on any atom is 0.115 e. The first-order valence-corrected chi connectivity index (χ1v) is 7.70. The van der Waals surface area contributed by atoms with Crippen molar-refractivity contribution in [3.63, 3.8) is 0 Å². The molecule has 0 aromatic heterocycles. The van der Waals surface area contributed by atoms with Crippen LogP contribution >= 0.6 is 0 Å². The molecule has 4 rings (SSSR count). The first-order valence-electron chi connectivity index (χ1n) is 7.70. The highest BCUT2D eigenvalue weighted by Crippen LogP contribution is 2.54. The molecule has 2 atom stereocenters. The zero-order valence-electron chi connectivity index (χ0n) is 12.3. The summed E-state index contributed by atoms with van der Waals surface area (Å²) in [6.45, 7) is 2.29. The fraction of sp³-hybridized carbons (Fsp3) is 0.368. The SMILES string of the molecule is C[C@H]1c2cc(O)ccc2CC[C@@]12Cc1ccc(O)cc1C2. The van der Waals surface area contributed by atoms with E-state index in [1.54, 1.807) is 12.1 Å². The van der Waals surface area contributed by atoms with Gasteiger partial charge in [0.15, 0.2) is 0 Å². The molecule has 2 aliphatic carbocycles. The standard InChI is InChI=1S/C19H20O2/c1-12-18-9-17(21)4-2-13(18)6-7-19(12)10-14-3-5-16(20)8-15(14)11-19/h2-5,8-9,12,20-21H,6-7,10-11H2,1H3/t12-,19-/m0/s1. The predicted octanol–water partition coefficient (Wildman–Crippen LogP) is 3.93. The molecule has 2 aromatic rings. The molecule has 0 bridgehead atoms. The van der Waals surface area contributed by atoms with Crippen molar-refractivity contribution >= 4 is 0 Å². The molecule has 0 saturated heterocycles. The first kappa shape index (κ1) is 12.8. The Morgan fingerprint density at radius 1 is 0.905 bits per heavy atom. The van der Waals surface area contributed by atoms with E-state index in [0.717, 1.165) is 19.3 Å². The van der Waals surface area contributed by atoms with E-state index in [-0.39, 0.29) is 5.41 Å². The molecule has 2 aliphatic rings. The Bertz CT molecular complexity index is 720. The molecule has 21 heavy (non-hydrogen) atoms. The molecule has 0 heterocycles. The molecule has 2 aromatic carbocycles. The van der Waals surface area contributed by atoms with Gasteiger partial charge in [-0.2, -0.15) is 0 Å². The van der Waals surface area contributed by atoms with Crippen molar-refractivity contribution in [2.45, 2.75) is 38.5 Å². The Morgan fingerprint density at radius 3 is 2.38 bits per heavy atom. The third-order valence-electron chi connectivity index (χ3n) is 5.68. The molecule has 2 heteroatoms. The molecule has 0 amide bonds. The Balaban J connectivity index is 1.75. The quantitative estimate of drug-likeness (QED) is 0.767. The summed E-state index contributed by atoms with van der Waals surface area (Å²) in [6.07, 6.45) is 4.38. The Morgan fingerprint density at radius 2 is 1.57 bits per heavy atom. The zero-order chi connectivity index (χ0) is 14.6. The normalized spacial score (nSPS) is 26.6. The van der Waals surface area contributed by atoms with E-state index in [0.29, 0.717) is 17.4 Å². The minimum Gasteiger partial charge on any atom is -0.508 e. The highest BCUT2D eigenvalue weighted by atomic mass is 16.3. The summed E-state index contributed by atoms with van der Waals surface area (Å²) in [7, 11) is 0. The minimum absolute atomic E-state index is 0.247. The van der Waals surface area contributed by atoms with E-state index in [2.05, 4.69) is 19.1 Å². The lowest BCUT2D eigenvalue weighted by atomic mass is 9.63. The summed E-state index contributed by atoms with van der Waals surface area (Å²) in [5.74, 6) is 1.17. The van der Waals surface area contributed by atoms with Gasteiger partial charge < -0.3 is 10.2 Å². The van der Waals surface area contributed by atoms with Crippen LogP contribution in [0.3, 0.4) is 0 Å². The van der Waals surface area contributed by atoms with Gasteiger partial charge in [0.2, 0.25) is 0 Å². The molecule has 2 nitrogen and oxygen atoms in total. The van der Waals surface area contributed by atoms with Crippen LogP contribution in [0.15, 0.2) is 36.4 Å². The van der Waals surface area contributed by atoms with Crippen molar-refractivity contribution in [3.8, 4) is 11.5 Å². The summed E-state index contributed by atoms with van der Waals surface area (Å²) in [5, 5.41) is 19.5. The van der Waals surface area contributed by atoms with Crippen LogP contribution in [-0.2, 0) is 19.3 Å². The van der Waals surface area contributed by atoms with Gasteiger partial charge in [-0.15, -0.1) is 0 Å². The van der Waals surface area contributed by atoms with Crippen molar-refractivity contribution in [1.82, 2.24) is 0 Å². The second-order valence-electron chi connectivity index (χ2n) is 6.77. The second-order valence-corrected chi connectivity index (χ2v) is 6.77. The largest absolute Gasteiger partial charge is 0.508 e. The van der Waals surface area contributed by atoms with Gasteiger partial charge >= 0.3 is 0 Å². The van der Waals surface area contributed by atoms with E-state index >= 15 is 0 Å². The third-order valence-corrected chi connectivity index (χ3v) is 5.68. The van der Waals surface area contributed by atoms with Gasteiger partial charge in [0.1, 0.15) is 11.5 Å². The topological polar surface area (TPSA) is 40.5 Å². The Hall–Kier alpha value is -1.96. The fourth-order valence-electron chi connectivity index (χ4n) is 4.40. The smallest absolute Gasteiger partial charge is 0.115 e. The van der Waals surface area contributed by atoms with Crippen molar-refractivity contribution in [2.24, 2.45) is 5.41 Å². The fourth-order valence-corrected chi connectivity index (χ4v) is 4.40. The van der Waals surface area contributed by atoms with Gasteiger partial charge in [-0.05, 0) is 83.5 Å². The van der Waals surface area contributed by atoms with Crippen molar-refractivity contribution in [3.05, 3.63) is 58.7 Å². The number of phenols is 2. The lowest BCUT2D eigenvalue weighted by Gasteiger charge is -2.41. The van der Waals surface area contributed by atoms with E-state index in [4.69, 9.17) is 0 Å². The van der Waals surface area contributed by atoms with Crippen LogP contribution in [0.4, 0.5) is 0 Å². The molecule has 0 fully saturated rings. The molecule has 108 valence electrons. The lowest BCUT2D eigenvalue weighted by molar-refractivity contribution is 0.211. The number of aromatic hydroxyl groups is 2. The summed E-state index contributed by atoms with van der Waals surface area (Å²) in [4.78, 5) is 0. The van der Waals surface area contributed by atoms with Crippen LogP contribution in [0.25, 0.3) is 0 Å². The van der Waals surface area contributed by atoms with Gasteiger partial charge in [0.05, 0.1) is 0 Å². The van der Waals surface area contributed by atoms with Gasteiger partial charge in [0, 0.05) is 0 Å². The molecule has 0 saturated carbocycles. The molecular formula is C19H20O2. The third kappa shape index (κ3) is 1.85. The Labute approximate surface area is 125 Å². The summed E-state index contributed by atoms with van der Waals surface area (Å²) in [5.41, 5.74) is 5.61. The van der Waals surface area contributed by atoms with Gasteiger partial charge in [-0.3, -0.25) is 0 Å². The molecule has 0 aliphatic heterocycles. The highest BCUT2D eigenvalue weighted by molar-refractivity contribution is 5.45. The highest BCUT2D eigenvalue weighted by Gasteiger charge is 2.44. The minimum atomic E-state index is 0.247. The molecule has 0 radical (unpaired) electrons. The monoisotopic (exact) mass is 280 g/mol. The number of hydrogen-bond acceptors (Lipinski definition) is 2. The van der Waals surface area contributed by atoms with Gasteiger partial charge in [0.25, 0.3) is 0 Å². The first-order chi connectivity index (χ1) is 10.1. The van der Waals surface area contributed by atoms with Crippen LogP contribution in [0.2, 0.25) is 0 Å². The number of benzene rings is 2. The van der Waals surface area contributed by atoms with Crippen LogP contribution in [0.5, 0.6) is 11.5 Å². The summed E-state index contributed by atoms with van der Waals surface area (Å²) >= 11 is 0. The number of fused-ring (bicyclic) bond motifs is 2. The second kappa shape index (κ2) is 4.27. The van der Waals surface area contributed by atoms with E-state index in [1.807, 2.05) is 12.1 Å². The van der Waals surface area contributed by atoms with E-state index in [1.165, 1.54) is 28.7 Å². The maximum atomic E-state index is 9.81.